The van der Waals surface area contributed by atoms with E-state index in [9.17, 15) is 22.8 Å². The largest absolute Gasteiger partial charge is 0.471 e. The number of amides is 1. The number of hydrogen-bond donors (Lipinski definition) is 3. The van der Waals surface area contributed by atoms with Gasteiger partial charge in [0.2, 0.25) is 0 Å². The van der Waals surface area contributed by atoms with Gasteiger partial charge in [-0.05, 0) is 0 Å². The minimum Gasteiger partial charge on any atom is -0.382 e. The molecule has 7 nitrogen and oxygen atoms in total. The Hall–Kier alpha value is -2.70. The van der Waals surface area contributed by atoms with E-state index >= 15 is 0 Å². The maximum absolute atomic E-state index is 11.9. The van der Waals surface area contributed by atoms with E-state index in [0.717, 1.165) is 4.68 Å². The lowest BCUT2D eigenvalue weighted by Crippen LogP contribution is -2.36. The molecule has 1 amide bonds. The van der Waals surface area contributed by atoms with Crippen molar-refractivity contribution in [3.63, 3.8) is 0 Å². The Morgan fingerprint density at radius 3 is 2.75 bits per heavy atom. The predicted molar refractivity (Wildman–Crippen MR) is 64.1 cm³/mol. The van der Waals surface area contributed by atoms with Crippen molar-refractivity contribution in [3.05, 3.63) is 22.2 Å². The first-order valence-electron chi connectivity index (χ1n) is 5.16. The van der Waals surface area contributed by atoms with Gasteiger partial charge in [-0.15, -0.1) is 0 Å². The first-order valence-corrected chi connectivity index (χ1v) is 5.16. The second kappa shape index (κ2) is 5.96. The van der Waals surface area contributed by atoms with E-state index in [4.69, 9.17) is 5.73 Å². The molecule has 0 aliphatic heterocycles. The van der Waals surface area contributed by atoms with Crippen LogP contribution in [0, 0.1) is 11.8 Å². The number of carbonyl (C=O) groups is 1. The highest BCUT2D eigenvalue weighted by Gasteiger charge is 2.38. The normalized spacial score (nSPS) is 10.4. The molecule has 10 heteroatoms. The lowest BCUT2D eigenvalue weighted by Gasteiger charge is -2.05. The molecule has 0 aromatic carbocycles. The Morgan fingerprint density at radius 2 is 2.20 bits per heavy atom. The molecule has 0 aliphatic rings. The fraction of sp³-hybridized carbons (Fsp3) is 0.300. The van der Waals surface area contributed by atoms with Gasteiger partial charge in [-0.25, -0.2) is 9.47 Å². The number of nitrogens with zero attached hydrogens (tertiary/aromatic N) is 2. The summed E-state index contributed by atoms with van der Waals surface area (Å²) in [6.07, 6.45) is -3.72. The molecule has 0 fully saturated rings. The standard InChI is InChI=1S/C10H10F3N5O2/c1-15-18-5-6(7(14)17-9(18)20)3-2-4-16-8(19)10(11,12)13/h5,15H,4H2,1H3,(H,16,19)(H2,14,17,20). The van der Waals surface area contributed by atoms with Crippen molar-refractivity contribution < 1.29 is 18.0 Å². The molecule has 0 radical (unpaired) electrons. The van der Waals surface area contributed by atoms with Gasteiger partial charge in [0.1, 0.15) is 5.82 Å². The minimum atomic E-state index is -4.96. The Bertz CT molecular complexity index is 626. The summed E-state index contributed by atoms with van der Waals surface area (Å²) < 4.78 is 36.6. The first kappa shape index (κ1) is 15.4. The molecule has 0 atom stereocenters. The monoisotopic (exact) mass is 289 g/mol. The lowest BCUT2D eigenvalue weighted by atomic mass is 10.3. The summed E-state index contributed by atoms with van der Waals surface area (Å²) in [5.41, 5.74) is 7.41. The number of rotatable bonds is 2. The summed E-state index contributed by atoms with van der Waals surface area (Å²) in [6, 6.07) is 0. The van der Waals surface area contributed by atoms with Crippen molar-refractivity contribution in [3.8, 4) is 11.8 Å². The van der Waals surface area contributed by atoms with Gasteiger partial charge in [0.25, 0.3) is 0 Å². The van der Waals surface area contributed by atoms with Crippen molar-refractivity contribution in [1.82, 2.24) is 15.0 Å². The Kier molecular flexibility index (Phi) is 4.58. The summed E-state index contributed by atoms with van der Waals surface area (Å²) in [7, 11) is 1.46. The zero-order valence-electron chi connectivity index (χ0n) is 10.2. The zero-order chi connectivity index (χ0) is 15.3. The van der Waals surface area contributed by atoms with Crippen LogP contribution in [0.5, 0.6) is 0 Å². The number of anilines is 1. The number of aromatic nitrogens is 2. The van der Waals surface area contributed by atoms with Crippen molar-refractivity contribution in [2.75, 3.05) is 24.8 Å². The van der Waals surface area contributed by atoms with E-state index in [0.29, 0.717) is 0 Å². The smallest absolute Gasteiger partial charge is 0.382 e. The van der Waals surface area contributed by atoms with Gasteiger partial charge in [-0.3, -0.25) is 4.79 Å². The van der Waals surface area contributed by atoms with E-state index < -0.39 is 24.3 Å². The van der Waals surface area contributed by atoms with E-state index in [-0.39, 0.29) is 11.4 Å². The number of nitrogen functional groups attached to an aromatic ring is 1. The van der Waals surface area contributed by atoms with Crippen molar-refractivity contribution in [1.29, 1.82) is 0 Å². The van der Waals surface area contributed by atoms with Crippen LogP contribution in [0.4, 0.5) is 19.0 Å². The first-order chi connectivity index (χ1) is 9.25. The summed E-state index contributed by atoms with van der Waals surface area (Å²) in [4.78, 5) is 25.2. The number of halogens is 3. The van der Waals surface area contributed by atoms with Gasteiger partial charge in [0.05, 0.1) is 18.3 Å². The molecule has 1 aromatic heterocycles. The molecular weight excluding hydrogens is 279 g/mol. The Morgan fingerprint density at radius 1 is 1.55 bits per heavy atom. The quantitative estimate of drug-likeness (QED) is 0.608. The molecule has 108 valence electrons. The molecule has 1 aromatic rings. The second-order valence-corrected chi connectivity index (χ2v) is 3.40. The van der Waals surface area contributed by atoms with Crippen LogP contribution in [0.1, 0.15) is 5.56 Å². The van der Waals surface area contributed by atoms with Crippen LogP contribution >= 0.6 is 0 Å². The van der Waals surface area contributed by atoms with Gasteiger partial charge < -0.3 is 16.5 Å². The summed E-state index contributed by atoms with van der Waals surface area (Å²) in [5, 5.41) is 1.57. The average Bonchev–Trinajstić information content (AvgIpc) is 2.35. The van der Waals surface area contributed by atoms with Gasteiger partial charge in [0, 0.05) is 7.05 Å². The van der Waals surface area contributed by atoms with E-state index in [1.54, 1.807) is 5.32 Å². The van der Waals surface area contributed by atoms with Gasteiger partial charge in [0.15, 0.2) is 0 Å². The van der Waals surface area contributed by atoms with Crippen LogP contribution in [0.2, 0.25) is 0 Å². The number of carbonyl (C=O) groups excluding carboxylic acids is 1. The molecule has 20 heavy (non-hydrogen) atoms. The van der Waals surface area contributed by atoms with Crippen LogP contribution in [0.15, 0.2) is 11.0 Å². The molecule has 0 saturated heterocycles. The zero-order valence-corrected chi connectivity index (χ0v) is 10.2. The third kappa shape index (κ3) is 3.91. The molecule has 0 spiro atoms. The molecule has 1 heterocycles. The van der Waals surface area contributed by atoms with E-state index in [1.165, 1.54) is 13.2 Å². The Balaban J connectivity index is 2.78. The minimum absolute atomic E-state index is 0.139. The third-order valence-electron chi connectivity index (χ3n) is 2.02. The van der Waals surface area contributed by atoms with Crippen molar-refractivity contribution >= 4 is 11.7 Å². The highest BCUT2D eigenvalue weighted by Crippen LogP contribution is 2.13. The maximum Gasteiger partial charge on any atom is 0.471 e. The second-order valence-electron chi connectivity index (χ2n) is 3.40. The van der Waals surface area contributed by atoms with Crippen molar-refractivity contribution in [2.24, 2.45) is 0 Å². The number of nitrogens with two attached hydrogens (primary N) is 1. The molecule has 4 N–H and O–H groups in total. The number of nitrogens with one attached hydrogen (secondary N) is 2. The van der Waals surface area contributed by atoms with Crippen LogP contribution < -0.4 is 22.2 Å². The van der Waals surface area contributed by atoms with Gasteiger partial charge in [-0.1, -0.05) is 11.8 Å². The molecule has 0 bridgehead atoms. The average molecular weight is 289 g/mol. The van der Waals surface area contributed by atoms with Crippen LogP contribution in [0.25, 0.3) is 0 Å². The summed E-state index contributed by atoms with van der Waals surface area (Å²) >= 11 is 0. The molecule has 0 saturated carbocycles. The van der Waals surface area contributed by atoms with Gasteiger partial charge >= 0.3 is 17.8 Å². The van der Waals surface area contributed by atoms with Gasteiger partial charge in [-0.2, -0.15) is 18.2 Å². The molecule has 1 rings (SSSR count). The SMILES string of the molecule is CNn1cc(C#CCNC(=O)C(F)(F)F)c(N)nc1=O. The summed E-state index contributed by atoms with van der Waals surface area (Å²) in [5.74, 6) is 2.43. The maximum atomic E-state index is 11.9. The van der Waals surface area contributed by atoms with Crippen molar-refractivity contribution in [2.45, 2.75) is 6.18 Å². The number of hydrogen-bond acceptors (Lipinski definition) is 5. The third-order valence-corrected chi connectivity index (χ3v) is 2.02. The van der Waals surface area contributed by atoms with E-state index in [2.05, 4.69) is 22.3 Å². The predicted octanol–water partition coefficient (Wildman–Crippen LogP) is -0.971. The fourth-order valence-electron chi connectivity index (χ4n) is 1.09. The topological polar surface area (TPSA) is 102 Å². The lowest BCUT2D eigenvalue weighted by molar-refractivity contribution is -0.173. The summed E-state index contributed by atoms with van der Waals surface area (Å²) in [6.45, 7) is -0.517. The molecular formula is C10H10F3N5O2. The highest BCUT2D eigenvalue weighted by molar-refractivity contribution is 5.81. The highest BCUT2D eigenvalue weighted by atomic mass is 19.4. The van der Waals surface area contributed by atoms with Crippen LogP contribution in [-0.2, 0) is 4.79 Å². The van der Waals surface area contributed by atoms with E-state index in [1.807, 2.05) is 0 Å². The fourth-order valence-corrected chi connectivity index (χ4v) is 1.09. The van der Waals surface area contributed by atoms with Crippen LogP contribution in [0.3, 0.4) is 0 Å². The Labute approximate surface area is 110 Å². The molecule has 0 unspecified atom stereocenters. The van der Waals surface area contributed by atoms with Crippen LogP contribution in [-0.4, -0.2) is 35.3 Å². The molecule has 0 aliphatic carbocycles. The number of alkyl halides is 3.